The summed E-state index contributed by atoms with van der Waals surface area (Å²) in [4.78, 5) is 2.46. The molecule has 0 saturated carbocycles. The van der Waals surface area contributed by atoms with Crippen LogP contribution in [0.1, 0.15) is 22.3 Å². The zero-order chi connectivity index (χ0) is 42.2. The van der Waals surface area contributed by atoms with Crippen LogP contribution in [0.4, 0.5) is 17.1 Å². The Morgan fingerprint density at radius 3 is 1.55 bits per heavy atom. The predicted octanol–water partition coefficient (Wildman–Crippen LogP) is 16.8. The van der Waals surface area contributed by atoms with Crippen LogP contribution in [0.15, 0.2) is 249 Å². The van der Waals surface area contributed by atoms with Crippen molar-refractivity contribution in [2.24, 2.45) is 0 Å². The summed E-state index contributed by atoms with van der Waals surface area (Å²) in [5, 5.41) is 4.92. The lowest BCUT2D eigenvalue weighted by molar-refractivity contribution is 0.794. The second kappa shape index (κ2) is 14.4. The molecule has 64 heavy (non-hydrogen) atoms. The van der Waals surface area contributed by atoms with Crippen LogP contribution in [0.5, 0.6) is 0 Å². The van der Waals surface area contributed by atoms with Gasteiger partial charge in [0.25, 0.3) is 0 Å². The first kappa shape index (κ1) is 36.4. The van der Waals surface area contributed by atoms with E-state index in [2.05, 4.69) is 254 Å². The second-order valence-electron chi connectivity index (χ2n) is 17.1. The van der Waals surface area contributed by atoms with Gasteiger partial charge in [0.05, 0.1) is 11.1 Å². The Kier molecular flexibility index (Phi) is 8.20. The molecular formula is C63H41N. The third kappa shape index (κ3) is 5.31. The molecule has 0 bridgehead atoms. The lowest BCUT2D eigenvalue weighted by Gasteiger charge is -2.31. The highest BCUT2D eigenvalue weighted by molar-refractivity contribution is 6.05. The predicted molar refractivity (Wildman–Crippen MR) is 269 cm³/mol. The van der Waals surface area contributed by atoms with E-state index in [1.165, 1.54) is 99.4 Å². The van der Waals surface area contributed by atoms with Crippen molar-refractivity contribution in [2.75, 3.05) is 4.90 Å². The maximum Gasteiger partial charge on any atom is 0.0725 e. The summed E-state index contributed by atoms with van der Waals surface area (Å²) >= 11 is 0. The van der Waals surface area contributed by atoms with Crippen LogP contribution < -0.4 is 4.90 Å². The van der Waals surface area contributed by atoms with Gasteiger partial charge in [-0.25, -0.2) is 0 Å². The molecule has 298 valence electrons. The minimum atomic E-state index is -0.417. The van der Waals surface area contributed by atoms with Crippen LogP contribution in [-0.2, 0) is 5.41 Å². The Morgan fingerprint density at radius 1 is 0.266 bits per heavy atom. The highest BCUT2D eigenvalue weighted by Gasteiger charge is 2.52. The first-order valence-electron chi connectivity index (χ1n) is 22.3. The van der Waals surface area contributed by atoms with E-state index in [9.17, 15) is 0 Å². The minimum absolute atomic E-state index is 0.417. The number of benzene rings is 11. The van der Waals surface area contributed by atoms with E-state index in [1.807, 2.05) is 0 Å². The number of hydrogen-bond donors (Lipinski definition) is 0. The molecule has 2 aliphatic rings. The molecule has 0 radical (unpaired) electrons. The van der Waals surface area contributed by atoms with E-state index < -0.39 is 5.41 Å². The Morgan fingerprint density at radius 2 is 0.797 bits per heavy atom. The fourth-order valence-electron chi connectivity index (χ4n) is 11.2. The molecule has 1 nitrogen and oxygen atoms in total. The summed E-state index contributed by atoms with van der Waals surface area (Å²) in [7, 11) is 0. The zero-order valence-electron chi connectivity index (χ0n) is 35.1. The summed E-state index contributed by atoms with van der Waals surface area (Å²) in [5.41, 5.74) is 20.8. The fraction of sp³-hybridized carbons (Fsp3) is 0.0159. The quantitative estimate of drug-likeness (QED) is 0.162. The van der Waals surface area contributed by atoms with Crippen LogP contribution in [0, 0.1) is 0 Å². The number of anilines is 3. The van der Waals surface area contributed by atoms with E-state index >= 15 is 0 Å². The number of fused-ring (bicyclic) bond motifs is 12. The molecule has 11 aromatic carbocycles. The van der Waals surface area contributed by atoms with Gasteiger partial charge in [-0.3, -0.25) is 0 Å². The van der Waals surface area contributed by atoms with E-state index in [1.54, 1.807) is 0 Å². The van der Waals surface area contributed by atoms with Gasteiger partial charge in [-0.1, -0.05) is 218 Å². The van der Waals surface area contributed by atoms with Crippen LogP contribution in [0.3, 0.4) is 0 Å². The van der Waals surface area contributed by atoms with Gasteiger partial charge in [-0.15, -0.1) is 0 Å². The number of para-hydroxylation sites is 1. The highest BCUT2D eigenvalue weighted by Crippen LogP contribution is 2.64. The fourth-order valence-corrected chi connectivity index (χ4v) is 11.2. The SMILES string of the molecule is c1ccc(-c2c(-c3ccc(N(c4ccc5ccccc5c4)c4ccccc4-c4cccc5c4-c4ccccc4C54c5ccccc5-c5ccccc54)cc3)ccc3ccccc23)cc1. The molecule has 2 aliphatic carbocycles. The second-order valence-corrected chi connectivity index (χ2v) is 17.1. The van der Waals surface area contributed by atoms with Crippen molar-refractivity contribution in [3.63, 3.8) is 0 Å². The highest BCUT2D eigenvalue weighted by atomic mass is 15.1. The summed E-state index contributed by atoms with van der Waals surface area (Å²) in [6, 6.07) is 92.1. The van der Waals surface area contributed by atoms with Gasteiger partial charge in [0.15, 0.2) is 0 Å². The van der Waals surface area contributed by atoms with Crippen molar-refractivity contribution in [3.05, 3.63) is 271 Å². The summed E-state index contributed by atoms with van der Waals surface area (Å²) in [6.07, 6.45) is 0. The van der Waals surface area contributed by atoms with Crippen LogP contribution >= 0.6 is 0 Å². The molecule has 0 atom stereocenters. The summed E-state index contributed by atoms with van der Waals surface area (Å²) < 4.78 is 0. The first-order chi connectivity index (χ1) is 31.8. The molecule has 0 aromatic heterocycles. The van der Waals surface area contributed by atoms with Crippen LogP contribution in [0.2, 0.25) is 0 Å². The van der Waals surface area contributed by atoms with Gasteiger partial charge in [0, 0.05) is 16.9 Å². The smallest absolute Gasteiger partial charge is 0.0725 e. The summed E-state index contributed by atoms with van der Waals surface area (Å²) in [5.74, 6) is 0. The Labute approximate surface area is 373 Å². The Hall–Kier alpha value is -8.26. The maximum absolute atomic E-state index is 2.46. The minimum Gasteiger partial charge on any atom is -0.310 e. The monoisotopic (exact) mass is 811 g/mol. The van der Waals surface area contributed by atoms with Gasteiger partial charge < -0.3 is 4.90 Å². The number of hydrogen-bond acceptors (Lipinski definition) is 1. The third-order valence-electron chi connectivity index (χ3n) is 13.9. The summed E-state index contributed by atoms with van der Waals surface area (Å²) in [6.45, 7) is 0. The van der Waals surface area contributed by atoms with E-state index in [4.69, 9.17) is 0 Å². The standard InChI is InChI=1S/C63H41N/c1-2-19-45(20-3-1)61-49-22-7-6-18-43(49)36-40-50(61)44-34-37-47(38-35-44)64(48-39-33-42-17-4-5-21-46(42)41-48)60-32-15-11-25-53(60)54-27-16-31-59-62(54)55-26-10-14-30-58(55)63(59)56-28-12-8-23-51(56)52-24-9-13-29-57(52)63/h1-41H. The Bertz CT molecular complexity index is 3570. The van der Waals surface area contributed by atoms with Crippen LogP contribution in [-0.4, -0.2) is 0 Å². The van der Waals surface area contributed by atoms with E-state index in [0.717, 1.165) is 17.1 Å². The van der Waals surface area contributed by atoms with Gasteiger partial charge in [0.2, 0.25) is 0 Å². The molecular weight excluding hydrogens is 771 g/mol. The van der Waals surface area contributed by atoms with Crippen molar-refractivity contribution in [3.8, 4) is 55.6 Å². The van der Waals surface area contributed by atoms with Crippen molar-refractivity contribution < 1.29 is 0 Å². The van der Waals surface area contributed by atoms with Crippen molar-refractivity contribution >= 4 is 38.6 Å². The van der Waals surface area contributed by atoms with Gasteiger partial charge >= 0.3 is 0 Å². The first-order valence-corrected chi connectivity index (χ1v) is 22.3. The van der Waals surface area contributed by atoms with Gasteiger partial charge in [-0.2, -0.15) is 0 Å². The normalized spacial score (nSPS) is 12.8. The molecule has 0 saturated heterocycles. The van der Waals surface area contributed by atoms with Gasteiger partial charge in [0.1, 0.15) is 0 Å². The topological polar surface area (TPSA) is 3.24 Å². The zero-order valence-corrected chi connectivity index (χ0v) is 35.1. The Balaban J connectivity index is 1.02. The lowest BCUT2D eigenvalue weighted by Crippen LogP contribution is -2.25. The van der Waals surface area contributed by atoms with Gasteiger partial charge in [-0.05, 0) is 124 Å². The molecule has 13 rings (SSSR count). The van der Waals surface area contributed by atoms with Crippen molar-refractivity contribution in [1.82, 2.24) is 0 Å². The molecule has 0 fully saturated rings. The molecule has 0 aliphatic heterocycles. The van der Waals surface area contributed by atoms with E-state index in [0.29, 0.717) is 0 Å². The molecule has 0 amide bonds. The molecule has 1 spiro atoms. The maximum atomic E-state index is 2.46. The average Bonchev–Trinajstić information content (AvgIpc) is 3.84. The number of rotatable bonds is 6. The van der Waals surface area contributed by atoms with E-state index in [-0.39, 0.29) is 0 Å². The molecule has 11 aromatic rings. The molecule has 0 N–H and O–H groups in total. The molecule has 0 unspecified atom stereocenters. The third-order valence-corrected chi connectivity index (χ3v) is 13.9. The molecule has 0 heterocycles. The largest absolute Gasteiger partial charge is 0.310 e. The molecule has 1 heteroatoms. The lowest BCUT2D eigenvalue weighted by atomic mass is 9.70. The van der Waals surface area contributed by atoms with Crippen molar-refractivity contribution in [2.45, 2.75) is 5.41 Å². The van der Waals surface area contributed by atoms with Crippen molar-refractivity contribution in [1.29, 1.82) is 0 Å². The van der Waals surface area contributed by atoms with Crippen LogP contribution in [0.25, 0.3) is 77.2 Å². The number of nitrogens with zero attached hydrogens (tertiary/aromatic N) is 1. The average molecular weight is 812 g/mol.